The predicted octanol–water partition coefficient (Wildman–Crippen LogP) is 3.45. The van der Waals surface area contributed by atoms with Gasteiger partial charge in [0.25, 0.3) is 0 Å². The molecule has 1 atom stereocenters. The maximum Gasteiger partial charge on any atom is 0.191 e. The lowest BCUT2D eigenvalue weighted by molar-refractivity contribution is 0.222. The molecule has 6 heteroatoms. The van der Waals surface area contributed by atoms with Crippen LogP contribution in [0.5, 0.6) is 5.75 Å². The summed E-state index contributed by atoms with van der Waals surface area (Å²) in [7, 11) is 1.72. The Morgan fingerprint density at radius 1 is 1.24 bits per heavy atom. The van der Waals surface area contributed by atoms with Crippen molar-refractivity contribution in [2.24, 2.45) is 4.99 Å². The van der Waals surface area contributed by atoms with E-state index in [0.29, 0.717) is 24.6 Å². The van der Waals surface area contributed by atoms with Crippen LogP contribution in [0.2, 0.25) is 0 Å². The van der Waals surface area contributed by atoms with Gasteiger partial charge in [-0.3, -0.25) is 4.99 Å². The van der Waals surface area contributed by atoms with Crippen molar-refractivity contribution < 1.29 is 4.74 Å². The lowest BCUT2D eigenvalue weighted by Crippen LogP contribution is -2.41. The fourth-order valence-corrected chi connectivity index (χ4v) is 2.57. The van der Waals surface area contributed by atoms with E-state index < -0.39 is 0 Å². The molecule has 0 aliphatic heterocycles. The molecule has 0 spiro atoms. The molecule has 5 nitrogen and oxygen atoms in total. The normalized spacial score (nSPS) is 12.2. The Morgan fingerprint density at radius 2 is 2.04 bits per heavy atom. The van der Waals surface area contributed by atoms with Gasteiger partial charge >= 0.3 is 0 Å². The van der Waals surface area contributed by atoms with Gasteiger partial charge < -0.3 is 15.4 Å². The highest BCUT2D eigenvalue weighted by Crippen LogP contribution is 2.24. The van der Waals surface area contributed by atoms with Gasteiger partial charge in [-0.25, -0.2) is 0 Å². The van der Waals surface area contributed by atoms with Crippen molar-refractivity contribution in [3.8, 4) is 11.8 Å². The van der Waals surface area contributed by atoms with Gasteiger partial charge in [-0.15, -0.1) is 0 Å². The molecule has 0 aliphatic carbocycles. The van der Waals surface area contributed by atoms with Gasteiger partial charge in [0.15, 0.2) is 5.96 Å². The molecule has 130 valence electrons. The predicted molar refractivity (Wildman–Crippen MR) is 104 cm³/mol. The van der Waals surface area contributed by atoms with Gasteiger partial charge in [0.1, 0.15) is 11.9 Å². The van der Waals surface area contributed by atoms with Crippen LogP contribution in [0.1, 0.15) is 18.1 Å². The molecule has 0 saturated heterocycles. The Kier molecular flexibility index (Phi) is 7.30. The number of hydrogen-bond donors (Lipinski definition) is 2. The van der Waals surface area contributed by atoms with E-state index in [1.165, 1.54) is 0 Å². The number of hydrogen-bond acceptors (Lipinski definition) is 3. The summed E-state index contributed by atoms with van der Waals surface area (Å²) in [6.45, 7) is 3.20. The highest BCUT2D eigenvalue weighted by molar-refractivity contribution is 9.10. The number of aliphatic imine (C=N–C) groups is 1. The zero-order valence-electron chi connectivity index (χ0n) is 14.3. The zero-order valence-corrected chi connectivity index (χ0v) is 15.9. The summed E-state index contributed by atoms with van der Waals surface area (Å²) in [6.07, 6.45) is -0.0285. The quantitative estimate of drug-likeness (QED) is 0.575. The van der Waals surface area contributed by atoms with Crippen LogP contribution in [0.25, 0.3) is 0 Å². The van der Waals surface area contributed by atoms with Crippen molar-refractivity contribution in [3.05, 3.63) is 64.1 Å². The van der Waals surface area contributed by atoms with E-state index in [2.05, 4.69) is 37.6 Å². The summed E-state index contributed by atoms with van der Waals surface area (Å²) in [5.74, 6) is 1.50. The minimum atomic E-state index is -0.0285. The molecular weight excluding hydrogens is 380 g/mol. The largest absolute Gasteiger partial charge is 0.488 e. The summed E-state index contributed by atoms with van der Waals surface area (Å²) in [6, 6.07) is 17.4. The van der Waals surface area contributed by atoms with Crippen molar-refractivity contribution in [3.63, 3.8) is 0 Å². The van der Waals surface area contributed by atoms with E-state index in [1.54, 1.807) is 13.1 Å². The average molecular weight is 401 g/mol. The van der Waals surface area contributed by atoms with Crippen molar-refractivity contribution in [1.82, 2.24) is 10.6 Å². The van der Waals surface area contributed by atoms with Gasteiger partial charge in [0.2, 0.25) is 0 Å². The highest BCUT2D eigenvalue weighted by Gasteiger charge is 2.08. The molecule has 2 aromatic carbocycles. The van der Waals surface area contributed by atoms with E-state index in [0.717, 1.165) is 15.8 Å². The minimum absolute atomic E-state index is 0.0285. The van der Waals surface area contributed by atoms with E-state index in [4.69, 9.17) is 10.00 Å². The fraction of sp³-hybridized carbons (Fsp3) is 0.263. The first-order valence-corrected chi connectivity index (χ1v) is 8.76. The molecule has 0 radical (unpaired) electrons. The van der Waals surface area contributed by atoms with Gasteiger partial charge in [0, 0.05) is 13.6 Å². The number of halogens is 1. The van der Waals surface area contributed by atoms with Crippen molar-refractivity contribution in [2.45, 2.75) is 19.6 Å². The van der Waals surface area contributed by atoms with Crippen LogP contribution in [0.3, 0.4) is 0 Å². The van der Waals surface area contributed by atoms with Gasteiger partial charge in [-0.05, 0) is 52.7 Å². The molecule has 0 bridgehead atoms. The Morgan fingerprint density at radius 3 is 2.76 bits per heavy atom. The zero-order chi connectivity index (χ0) is 18.1. The first-order valence-electron chi connectivity index (χ1n) is 7.97. The summed E-state index contributed by atoms with van der Waals surface area (Å²) in [4.78, 5) is 4.21. The van der Waals surface area contributed by atoms with Crippen molar-refractivity contribution >= 4 is 21.9 Å². The Balaban J connectivity index is 1.81. The molecule has 0 fully saturated rings. The standard InChI is InChI=1S/C19H21BrN4O/c1-14(25-18-9-4-3-8-17(18)20)12-23-19(22-2)24-13-16-7-5-6-15(10-16)11-21/h3-10,14H,12-13H2,1-2H3,(H2,22,23,24). The molecule has 0 saturated carbocycles. The van der Waals surface area contributed by atoms with E-state index in [-0.39, 0.29) is 6.10 Å². The second-order valence-corrected chi connectivity index (χ2v) is 6.33. The monoisotopic (exact) mass is 400 g/mol. The van der Waals surface area contributed by atoms with Crippen LogP contribution in [0.15, 0.2) is 58.0 Å². The van der Waals surface area contributed by atoms with Crippen molar-refractivity contribution in [2.75, 3.05) is 13.6 Å². The Bertz CT molecular complexity index is 770. The number of guanidine groups is 1. The lowest BCUT2D eigenvalue weighted by atomic mass is 10.1. The van der Waals surface area contributed by atoms with E-state index in [1.807, 2.05) is 49.4 Å². The maximum atomic E-state index is 8.95. The number of rotatable bonds is 6. The topological polar surface area (TPSA) is 69.4 Å². The molecule has 2 N–H and O–H groups in total. The molecular formula is C19H21BrN4O. The average Bonchev–Trinajstić information content (AvgIpc) is 2.64. The number of nitrogens with one attached hydrogen (secondary N) is 2. The number of ether oxygens (including phenoxy) is 1. The molecule has 25 heavy (non-hydrogen) atoms. The maximum absolute atomic E-state index is 8.95. The third kappa shape index (κ3) is 6.12. The van der Waals surface area contributed by atoms with E-state index >= 15 is 0 Å². The molecule has 0 aliphatic rings. The second kappa shape index (κ2) is 9.70. The SMILES string of the molecule is CN=C(NCc1cccc(C#N)c1)NCC(C)Oc1ccccc1Br. The van der Waals surface area contributed by atoms with Gasteiger partial charge in [0.05, 0.1) is 22.7 Å². The first kappa shape index (κ1) is 18.8. The van der Waals surface area contributed by atoms with Crippen LogP contribution < -0.4 is 15.4 Å². The summed E-state index contributed by atoms with van der Waals surface area (Å²) in [5, 5.41) is 15.4. The number of benzene rings is 2. The Labute approximate surface area is 156 Å². The van der Waals surface area contributed by atoms with Gasteiger partial charge in [-0.1, -0.05) is 24.3 Å². The summed E-state index contributed by atoms with van der Waals surface area (Å²) in [5.41, 5.74) is 1.68. The van der Waals surface area contributed by atoms with E-state index in [9.17, 15) is 0 Å². The molecule has 0 amide bonds. The minimum Gasteiger partial charge on any atom is -0.488 e. The number of para-hydroxylation sites is 1. The van der Waals surface area contributed by atoms with Crippen LogP contribution in [0.4, 0.5) is 0 Å². The number of nitrogens with zero attached hydrogens (tertiary/aromatic N) is 2. The van der Waals surface area contributed by atoms with Crippen LogP contribution in [-0.4, -0.2) is 25.7 Å². The molecule has 2 aromatic rings. The van der Waals surface area contributed by atoms with Crippen molar-refractivity contribution in [1.29, 1.82) is 5.26 Å². The molecule has 0 aromatic heterocycles. The molecule has 0 heterocycles. The van der Waals surface area contributed by atoms with Crippen LogP contribution >= 0.6 is 15.9 Å². The highest BCUT2D eigenvalue weighted by atomic mass is 79.9. The number of nitriles is 1. The summed E-state index contributed by atoms with van der Waals surface area (Å²) < 4.78 is 6.84. The molecule has 1 unspecified atom stereocenters. The van der Waals surface area contributed by atoms with Gasteiger partial charge in [-0.2, -0.15) is 5.26 Å². The third-order valence-corrected chi connectivity index (χ3v) is 4.12. The molecule has 2 rings (SSSR count). The summed E-state index contributed by atoms with van der Waals surface area (Å²) >= 11 is 3.48. The van der Waals surface area contributed by atoms with Crippen LogP contribution in [-0.2, 0) is 6.54 Å². The fourth-order valence-electron chi connectivity index (χ4n) is 2.20. The lowest BCUT2D eigenvalue weighted by Gasteiger charge is -2.18. The smallest absolute Gasteiger partial charge is 0.191 e. The first-order chi connectivity index (χ1) is 12.1. The second-order valence-electron chi connectivity index (χ2n) is 5.48. The van der Waals surface area contributed by atoms with Crippen LogP contribution in [0, 0.1) is 11.3 Å². The third-order valence-electron chi connectivity index (χ3n) is 3.46. The Hall–Kier alpha value is -2.52.